The van der Waals surface area contributed by atoms with Crippen LogP contribution in [0.2, 0.25) is 0 Å². The standard InChI is InChI=1S/C11H18BrN3O3S/c1-11(2,18-4)7-15-19(16,17)9-5-8(12)6-14-10(9)13-3/h5-6,15H,7H2,1-4H3,(H,13,14). The van der Waals surface area contributed by atoms with E-state index in [0.29, 0.717) is 10.3 Å². The first-order valence-electron chi connectivity index (χ1n) is 5.60. The smallest absolute Gasteiger partial charge is 0.244 e. The number of anilines is 1. The minimum absolute atomic E-state index is 0.0938. The maximum Gasteiger partial charge on any atom is 0.244 e. The molecule has 1 aromatic heterocycles. The van der Waals surface area contributed by atoms with Gasteiger partial charge in [0.25, 0.3) is 0 Å². The van der Waals surface area contributed by atoms with Crippen LogP contribution in [0.25, 0.3) is 0 Å². The van der Waals surface area contributed by atoms with Crippen molar-refractivity contribution in [3.63, 3.8) is 0 Å². The second-order valence-electron chi connectivity index (χ2n) is 4.54. The van der Waals surface area contributed by atoms with Crippen LogP contribution in [-0.4, -0.2) is 39.7 Å². The first kappa shape index (κ1) is 16.4. The number of sulfonamides is 1. The number of hydrogen-bond donors (Lipinski definition) is 2. The van der Waals surface area contributed by atoms with E-state index in [1.165, 1.54) is 19.4 Å². The maximum absolute atomic E-state index is 12.3. The molecule has 0 bridgehead atoms. The SMILES string of the molecule is CNc1ncc(Br)cc1S(=O)(=O)NCC(C)(C)OC. The van der Waals surface area contributed by atoms with Gasteiger partial charge in [-0.15, -0.1) is 0 Å². The molecule has 1 rings (SSSR count). The van der Waals surface area contributed by atoms with Crippen LogP contribution in [0.1, 0.15) is 13.8 Å². The van der Waals surface area contributed by atoms with Crippen LogP contribution in [0.5, 0.6) is 0 Å². The Morgan fingerprint density at radius 3 is 2.63 bits per heavy atom. The Balaban J connectivity index is 3.04. The maximum atomic E-state index is 12.3. The molecular weight excluding hydrogens is 334 g/mol. The zero-order valence-corrected chi connectivity index (χ0v) is 13.7. The Kier molecular flexibility index (Phi) is 5.31. The van der Waals surface area contributed by atoms with Crippen molar-refractivity contribution in [2.75, 3.05) is 26.0 Å². The van der Waals surface area contributed by atoms with Crippen molar-refractivity contribution in [3.05, 3.63) is 16.7 Å². The Hall–Kier alpha value is -0.700. The summed E-state index contributed by atoms with van der Waals surface area (Å²) in [5.74, 6) is 0.297. The van der Waals surface area contributed by atoms with Crippen molar-refractivity contribution >= 4 is 31.8 Å². The van der Waals surface area contributed by atoms with E-state index < -0.39 is 15.6 Å². The van der Waals surface area contributed by atoms with Crippen molar-refractivity contribution in [2.45, 2.75) is 24.3 Å². The summed E-state index contributed by atoms with van der Waals surface area (Å²) in [6.07, 6.45) is 1.53. The van der Waals surface area contributed by atoms with Crippen LogP contribution < -0.4 is 10.0 Å². The van der Waals surface area contributed by atoms with E-state index in [4.69, 9.17) is 4.74 Å². The van der Waals surface area contributed by atoms with E-state index >= 15 is 0 Å². The largest absolute Gasteiger partial charge is 0.377 e. The van der Waals surface area contributed by atoms with Crippen LogP contribution in [0, 0.1) is 0 Å². The lowest BCUT2D eigenvalue weighted by molar-refractivity contribution is 0.0276. The van der Waals surface area contributed by atoms with Crippen LogP contribution in [0.4, 0.5) is 5.82 Å². The van der Waals surface area contributed by atoms with Crippen LogP contribution >= 0.6 is 15.9 Å². The Labute approximate surface area is 122 Å². The van der Waals surface area contributed by atoms with E-state index in [1.807, 2.05) is 0 Å². The highest BCUT2D eigenvalue weighted by molar-refractivity contribution is 9.10. The summed E-state index contributed by atoms with van der Waals surface area (Å²) >= 11 is 3.22. The number of hydrogen-bond acceptors (Lipinski definition) is 5. The summed E-state index contributed by atoms with van der Waals surface area (Å²) in [4.78, 5) is 4.11. The fourth-order valence-electron chi connectivity index (χ4n) is 1.23. The summed E-state index contributed by atoms with van der Waals surface area (Å²) in [7, 11) is -0.499. The first-order valence-corrected chi connectivity index (χ1v) is 7.87. The van der Waals surface area contributed by atoms with Crippen LogP contribution in [-0.2, 0) is 14.8 Å². The van der Waals surface area contributed by atoms with Gasteiger partial charge in [-0.1, -0.05) is 0 Å². The van der Waals surface area contributed by atoms with Crippen LogP contribution in [0.3, 0.4) is 0 Å². The average molecular weight is 352 g/mol. The molecule has 1 aromatic rings. The summed E-state index contributed by atoms with van der Waals surface area (Å²) < 4.78 is 32.8. The van der Waals surface area contributed by atoms with Crippen molar-refractivity contribution in [1.82, 2.24) is 9.71 Å². The zero-order chi connectivity index (χ0) is 14.7. The molecule has 0 aliphatic carbocycles. The predicted octanol–water partition coefficient (Wildman–Crippen LogP) is 1.59. The average Bonchev–Trinajstić information content (AvgIpc) is 2.37. The van der Waals surface area contributed by atoms with Gasteiger partial charge in [-0.3, -0.25) is 0 Å². The molecule has 0 aliphatic heterocycles. The van der Waals surface area contributed by atoms with E-state index in [-0.39, 0.29) is 11.4 Å². The molecule has 6 nitrogen and oxygen atoms in total. The number of nitrogens with zero attached hydrogens (tertiary/aromatic N) is 1. The summed E-state index contributed by atoms with van der Waals surface area (Å²) in [5.41, 5.74) is -0.577. The number of methoxy groups -OCH3 is 1. The highest BCUT2D eigenvalue weighted by Crippen LogP contribution is 2.22. The second kappa shape index (κ2) is 6.17. The van der Waals surface area contributed by atoms with Gasteiger partial charge in [-0.2, -0.15) is 0 Å². The normalized spacial score (nSPS) is 12.5. The molecule has 0 unspecified atom stereocenters. The van der Waals surface area contributed by atoms with E-state index in [0.717, 1.165) is 0 Å². The molecule has 108 valence electrons. The molecule has 19 heavy (non-hydrogen) atoms. The molecule has 0 aromatic carbocycles. The fourth-order valence-corrected chi connectivity index (χ4v) is 3.10. The van der Waals surface area contributed by atoms with E-state index in [1.54, 1.807) is 20.9 Å². The molecule has 0 fully saturated rings. The predicted molar refractivity (Wildman–Crippen MR) is 77.8 cm³/mol. The van der Waals surface area contributed by atoms with Crippen molar-refractivity contribution in [1.29, 1.82) is 0 Å². The third-order valence-electron chi connectivity index (χ3n) is 2.59. The van der Waals surface area contributed by atoms with Crippen LogP contribution in [0.15, 0.2) is 21.6 Å². The summed E-state index contributed by atoms with van der Waals surface area (Å²) in [6, 6.07) is 1.50. The van der Waals surface area contributed by atoms with Gasteiger partial charge in [0.05, 0.1) is 5.60 Å². The lowest BCUT2D eigenvalue weighted by atomic mass is 10.1. The van der Waals surface area contributed by atoms with Gasteiger partial charge in [-0.25, -0.2) is 18.1 Å². The number of halogens is 1. The molecule has 0 saturated heterocycles. The molecule has 0 spiro atoms. The van der Waals surface area contributed by atoms with Crippen molar-refractivity contribution in [3.8, 4) is 0 Å². The molecule has 2 N–H and O–H groups in total. The Morgan fingerprint density at radius 1 is 1.47 bits per heavy atom. The van der Waals surface area contributed by atoms with Gasteiger partial charge < -0.3 is 10.1 Å². The molecular formula is C11H18BrN3O3S. The van der Waals surface area contributed by atoms with Gasteiger partial charge >= 0.3 is 0 Å². The van der Waals surface area contributed by atoms with Gasteiger partial charge in [-0.05, 0) is 35.8 Å². The number of rotatable bonds is 6. The number of pyridine rings is 1. The second-order valence-corrected chi connectivity index (χ2v) is 7.19. The lowest BCUT2D eigenvalue weighted by Gasteiger charge is -2.23. The van der Waals surface area contributed by atoms with Gasteiger partial charge in [0.2, 0.25) is 10.0 Å². The van der Waals surface area contributed by atoms with E-state index in [9.17, 15) is 8.42 Å². The molecule has 0 amide bonds. The molecule has 0 saturated carbocycles. The minimum atomic E-state index is -3.65. The van der Waals surface area contributed by atoms with Crippen molar-refractivity contribution < 1.29 is 13.2 Å². The third-order valence-corrected chi connectivity index (χ3v) is 4.43. The third kappa shape index (κ3) is 4.41. The molecule has 0 radical (unpaired) electrons. The van der Waals surface area contributed by atoms with E-state index in [2.05, 4.69) is 31.0 Å². The monoisotopic (exact) mass is 351 g/mol. The number of aromatic nitrogens is 1. The van der Waals surface area contributed by atoms with Crippen molar-refractivity contribution in [2.24, 2.45) is 0 Å². The fraction of sp³-hybridized carbons (Fsp3) is 0.545. The molecule has 8 heteroatoms. The zero-order valence-electron chi connectivity index (χ0n) is 11.3. The quantitative estimate of drug-likeness (QED) is 0.813. The summed E-state index contributed by atoms with van der Waals surface area (Å²) in [5, 5.41) is 2.76. The van der Waals surface area contributed by atoms with Gasteiger partial charge in [0.15, 0.2) is 0 Å². The Bertz CT molecular complexity index is 546. The number of nitrogens with one attached hydrogen (secondary N) is 2. The van der Waals surface area contributed by atoms with Gasteiger partial charge in [0.1, 0.15) is 10.7 Å². The molecule has 0 atom stereocenters. The highest BCUT2D eigenvalue weighted by Gasteiger charge is 2.24. The topological polar surface area (TPSA) is 80.3 Å². The Morgan fingerprint density at radius 2 is 2.11 bits per heavy atom. The summed E-state index contributed by atoms with van der Waals surface area (Å²) in [6.45, 7) is 3.77. The minimum Gasteiger partial charge on any atom is -0.377 e. The van der Waals surface area contributed by atoms with Gasteiger partial charge in [0, 0.05) is 31.4 Å². The molecule has 1 heterocycles. The number of ether oxygens (including phenoxy) is 1. The molecule has 0 aliphatic rings. The highest BCUT2D eigenvalue weighted by atomic mass is 79.9. The first-order chi connectivity index (χ1) is 8.72. The lowest BCUT2D eigenvalue weighted by Crippen LogP contribution is -2.39.